The molecule has 2 aromatic rings. The van der Waals surface area contributed by atoms with Gasteiger partial charge in [-0.05, 0) is 24.6 Å². The summed E-state index contributed by atoms with van der Waals surface area (Å²) in [6.45, 7) is 1.84. The van der Waals surface area contributed by atoms with E-state index in [0.717, 1.165) is 27.0 Å². The minimum atomic E-state index is -4.47. The van der Waals surface area contributed by atoms with E-state index in [-0.39, 0.29) is 11.4 Å². The Morgan fingerprint density at radius 1 is 1.53 bits per heavy atom. The third-order valence-corrected chi connectivity index (χ3v) is 3.58. The molecular weight excluding hydrogens is 281 g/mol. The second-order valence-corrected chi connectivity index (χ2v) is 5.15. The topological polar surface area (TPSA) is 55.1 Å². The lowest BCUT2D eigenvalue weighted by Crippen LogP contribution is -2.08. The minimum absolute atomic E-state index is 0.117. The van der Waals surface area contributed by atoms with E-state index in [0.29, 0.717) is 5.56 Å². The van der Waals surface area contributed by atoms with Crippen LogP contribution < -0.4 is 0 Å². The first kappa shape index (κ1) is 13.6. The maximum Gasteiger partial charge on any atom is 0.435 e. The minimum Gasteiger partial charge on any atom is -0.477 e. The van der Waals surface area contributed by atoms with Gasteiger partial charge in [0.25, 0.3) is 0 Å². The van der Waals surface area contributed by atoms with Gasteiger partial charge in [0.05, 0.1) is 6.54 Å². The summed E-state index contributed by atoms with van der Waals surface area (Å²) in [7, 11) is 0. The van der Waals surface area contributed by atoms with Gasteiger partial charge in [0.2, 0.25) is 0 Å². The highest BCUT2D eigenvalue weighted by molar-refractivity contribution is 7.14. The van der Waals surface area contributed by atoms with Crippen LogP contribution in [0, 0.1) is 6.92 Å². The number of aryl methyl sites for hydroxylation is 1. The molecule has 0 saturated heterocycles. The van der Waals surface area contributed by atoms with Crippen LogP contribution in [0.1, 0.15) is 25.8 Å². The molecule has 8 heteroatoms. The van der Waals surface area contributed by atoms with E-state index >= 15 is 0 Å². The van der Waals surface area contributed by atoms with Crippen LogP contribution in [-0.2, 0) is 12.7 Å². The summed E-state index contributed by atoms with van der Waals surface area (Å²) in [4.78, 5) is 11.7. The fourth-order valence-electron chi connectivity index (χ4n) is 1.56. The largest absolute Gasteiger partial charge is 0.477 e. The second-order valence-electron chi connectivity index (χ2n) is 3.89. The molecule has 0 aliphatic rings. The summed E-state index contributed by atoms with van der Waals surface area (Å²) >= 11 is 1.09. The Morgan fingerprint density at radius 2 is 2.21 bits per heavy atom. The lowest BCUT2D eigenvalue weighted by Gasteiger charge is -2.02. The molecule has 0 amide bonds. The molecule has 4 nitrogen and oxygen atoms in total. The number of hydrogen-bond donors (Lipinski definition) is 1. The quantitative estimate of drug-likeness (QED) is 0.945. The summed E-state index contributed by atoms with van der Waals surface area (Å²) in [5.74, 6) is -1.05. The maximum atomic E-state index is 12.4. The summed E-state index contributed by atoms with van der Waals surface area (Å²) in [5, 5.41) is 12.3. The van der Waals surface area contributed by atoms with Gasteiger partial charge in [-0.1, -0.05) is 0 Å². The van der Waals surface area contributed by atoms with Crippen molar-refractivity contribution in [2.24, 2.45) is 0 Å². The number of hydrogen-bond acceptors (Lipinski definition) is 3. The molecular formula is C11H9F3N2O2S. The van der Waals surface area contributed by atoms with Crippen LogP contribution in [-0.4, -0.2) is 20.9 Å². The number of carboxylic acid groups (broad SMARTS) is 1. The summed E-state index contributed by atoms with van der Waals surface area (Å²) in [6, 6.07) is 2.34. The first-order valence-electron chi connectivity index (χ1n) is 5.20. The summed E-state index contributed by atoms with van der Waals surface area (Å²) < 4.78 is 38.3. The molecule has 0 spiro atoms. The van der Waals surface area contributed by atoms with E-state index in [9.17, 15) is 18.0 Å². The van der Waals surface area contributed by atoms with E-state index in [1.807, 2.05) is 0 Å². The van der Waals surface area contributed by atoms with Crippen molar-refractivity contribution in [3.63, 3.8) is 0 Å². The molecule has 0 radical (unpaired) electrons. The molecule has 0 aliphatic carbocycles. The van der Waals surface area contributed by atoms with Gasteiger partial charge < -0.3 is 5.11 Å². The van der Waals surface area contributed by atoms with Crippen LogP contribution in [0.4, 0.5) is 13.2 Å². The van der Waals surface area contributed by atoms with Crippen LogP contribution in [0.2, 0.25) is 0 Å². The predicted octanol–water partition coefficient (Wildman–Crippen LogP) is 3.02. The molecule has 1 N–H and O–H groups in total. The average molecular weight is 290 g/mol. The third kappa shape index (κ3) is 2.95. The highest BCUT2D eigenvalue weighted by Gasteiger charge is 2.33. The van der Waals surface area contributed by atoms with Gasteiger partial charge >= 0.3 is 12.1 Å². The van der Waals surface area contributed by atoms with Gasteiger partial charge in [-0.2, -0.15) is 18.3 Å². The highest BCUT2D eigenvalue weighted by atomic mass is 32.1. The number of carboxylic acids is 1. The van der Waals surface area contributed by atoms with Gasteiger partial charge in [0, 0.05) is 11.1 Å². The fourth-order valence-corrected chi connectivity index (χ4v) is 2.43. The smallest absolute Gasteiger partial charge is 0.435 e. The molecule has 0 bridgehead atoms. The molecule has 2 heterocycles. The third-order valence-electron chi connectivity index (χ3n) is 2.49. The zero-order valence-corrected chi connectivity index (χ0v) is 10.5. The van der Waals surface area contributed by atoms with Crippen molar-refractivity contribution < 1.29 is 23.1 Å². The van der Waals surface area contributed by atoms with Gasteiger partial charge in [-0.3, -0.25) is 4.68 Å². The summed E-state index contributed by atoms with van der Waals surface area (Å²) in [5.41, 5.74) is -0.307. The van der Waals surface area contributed by atoms with Crippen molar-refractivity contribution in [3.8, 4) is 0 Å². The van der Waals surface area contributed by atoms with Crippen molar-refractivity contribution >= 4 is 17.3 Å². The van der Waals surface area contributed by atoms with E-state index in [1.54, 1.807) is 6.92 Å². The second kappa shape index (κ2) is 4.69. The predicted molar refractivity (Wildman–Crippen MR) is 62.3 cm³/mol. The number of thiophene rings is 1. The Morgan fingerprint density at radius 3 is 2.68 bits per heavy atom. The SMILES string of the molecule is Cc1sc(C(=O)O)cc1Cn1ccc(C(F)(F)F)n1. The summed E-state index contributed by atoms with van der Waals surface area (Å²) in [6.07, 6.45) is -3.25. The highest BCUT2D eigenvalue weighted by Crippen LogP contribution is 2.28. The zero-order chi connectivity index (χ0) is 14.2. The number of nitrogens with zero attached hydrogens (tertiary/aromatic N) is 2. The molecule has 2 rings (SSSR count). The monoisotopic (exact) mass is 290 g/mol. The van der Waals surface area contributed by atoms with Crippen LogP contribution >= 0.6 is 11.3 Å². The number of aromatic carboxylic acids is 1. The Bertz CT molecular complexity index is 616. The van der Waals surface area contributed by atoms with Crippen LogP contribution in [0.5, 0.6) is 0 Å². The number of halogens is 3. The first-order chi connectivity index (χ1) is 8.77. The Balaban J connectivity index is 2.22. The van der Waals surface area contributed by atoms with Crippen molar-refractivity contribution in [1.82, 2.24) is 9.78 Å². The average Bonchev–Trinajstić information content (AvgIpc) is 2.86. The Kier molecular flexibility index (Phi) is 3.36. The zero-order valence-electron chi connectivity index (χ0n) is 9.73. The number of aromatic nitrogens is 2. The molecule has 0 fully saturated rings. The van der Waals surface area contributed by atoms with Gasteiger partial charge in [-0.25, -0.2) is 4.79 Å². The van der Waals surface area contributed by atoms with Crippen molar-refractivity contribution in [1.29, 1.82) is 0 Å². The van der Waals surface area contributed by atoms with E-state index in [2.05, 4.69) is 5.10 Å². The van der Waals surface area contributed by atoms with Gasteiger partial charge in [0.15, 0.2) is 5.69 Å². The van der Waals surface area contributed by atoms with E-state index < -0.39 is 17.8 Å². The van der Waals surface area contributed by atoms with Crippen molar-refractivity contribution in [2.75, 3.05) is 0 Å². The van der Waals surface area contributed by atoms with Crippen molar-refractivity contribution in [3.05, 3.63) is 39.3 Å². The first-order valence-corrected chi connectivity index (χ1v) is 6.02. The molecule has 2 aromatic heterocycles. The van der Waals surface area contributed by atoms with Gasteiger partial charge in [0.1, 0.15) is 4.88 Å². The Labute approximate surface area is 110 Å². The Hall–Kier alpha value is -1.83. The van der Waals surface area contributed by atoms with E-state index in [4.69, 9.17) is 5.11 Å². The lowest BCUT2D eigenvalue weighted by molar-refractivity contribution is -0.141. The molecule has 0 atom stereocenters. The normalized spacial score (nSPS) is 11.8. The van der Waals surface area contributed by atoms with Gasteiger partial charge in [-0.15, -0.1) is 11.3 Å². The molecule has 0 aliphatic heterocycles. The van der Waals surface area contributed by atoms with Crippen LogP contribution in [0.15, 0.2) is 18.3 Å². The number of alkyl halides is 3. The van der Waals surface area contributed by atoms with E-state index in [1.165, 1.54) is 12.3 Å². The van der Waals surface area contributed by atoms with Crippen molar-refractivity contribution in [2.45, 2.75) is 19.6 Å². The maximum absolute atomic E-state index is 12.4. The number of rotatable bonds is 3. The standard InChI is InChI=1S/C11H9F3N2O2S/c1-6-7(4-8(19-6)10(17)18)5-16-3-2-9(15-16)11(12,13)14/h2-4H,5H2,1H3,(H,17,18). The van der Waals surface area contributed by atoms with Crippen LogP contribution in [0.3, 0.4) is 0 Å². The number of carbonyl (C=O) groups is 1. The molecule has 19 heavy (non-hydrogen) atoms. The molecule has 0 aromatic carbocycles. The fraction of sp³-hybridized carbons (Fsp3) is 0.273. The molecule has 0 saturated carbocycles. The molecule has 102 valence electrons. The van der Waals surface area contributed by atoms with Crippen LogP contribution in [0.25, 0.3) is 0 Å². The lowest BCUT2D eigenvalue weighted by atomic mass is 10.2. The molecule has 0 unspecified atom stereocenters.